The number of quaternary nitrogens is 2. The van der Waals surface area contributed by atoms with Crippen molar-refractivity contribution in [2.75, 3.05) is 51.1 Å². The molecule has 1 heterocycles. The molecule has 8 heteroatoms. The molecule has 2 rings (SSSR count). The Morgan fingerprint density at radius 1 is 1.18 bits per heavy atom. The van der Waals surface area contributed by atoms with Crippen molar-refractivity contribution >= 4 is 21.6 Å². The van der Waals surface area contributed by atoms with Crippen LogP contribution in [0.15, 0.2) is 23.1 Å². The summed E-state index contributed by atoms with van der Waals surface area (Å²) in [7, 11) is -3.52. The fourth-order valence-corrected chi connectivity index (χ4v) is 5.32. The molecular formula is C20H36N4O3S+2. The van der Waals surface area contributed by atoms with Gasteiger partial charge in [0.2, 0.25) is 10.0 Å². The third-order valence-corrected chi connectivity index (χ3v) is 7.48. The Kier molecular flexibility index (Phi) is 8.88. The molecule has 0 bridgehead atoms. The summed E-state index contributed by atoms with van der Waals surface area (Å²) in [5.41, 5.74) is 1.24. The third kappa shape index (κ3) is 6.27. The molecule has 0 radical (unpaired) electrons. The number of carbonyl (C=O) groups is 1. The third-order valence-electron chi connectivity index (χ3n) is 5.44. The van der Waals surface area contributed by atoms with E-state index in [1.807, 2.05) is 5.32 Å². The number of amides is 1. The van der Waals surface area contributed by atoms with Gasteiger partial charge in [0.1, 0.15) is 13.1 Å². The van der Waals surface area contributed by atoms with Crippen LogP contribution in [0, 0.1) is 6.92 Å². The van der Waals surface area contributed by atoms with Crippen LogP contribution in [0.3, 0.4) is 0 Å². The first kappa shape index (κ1) is 22.8. The average molecular weight is 413 g/mol. The monoisotopic (exact) mass is 412 g/mol. The summed E-state index contributed by atoms with van der Waals surface area (Å²) in [5, 5.41) is 4.84. The number of nitrogens with zero attached hydrogens (tertiary/aromatic N) is 1. The van der Waals surface area contributed by atoms with Gasteiger partial charge in [0.25, 0.3) is 5.91 Å². The zero-order valence-corrected chi connectivity index (χ0v) is 18.3. The van der Waals surface area contributed by atoms with Crippen molar-refractivity contribution in [2.45, 2.75) is 44.9 Å². The Bertz CT molecular complexity index is 742. The summed E-state index contributed by atoms with van der Waals surface area (Å²) in [6.07, 6.45) is 2.88. The maximum Gasteiger partial charge on any atom is 0.279 e. The van der Waals surface area contributed by atoms with Crippen LogP contribution in [-0.4, -0.2) is 64.4 Å². The predicted octanol–water partition coefficient (Wildman–Crippen LogP) is -0.404. The highest BCUT2D eigenvalue weighted by Crippen LogP contribution is 2.25. The van der Waals surface area contributed by atoms with Gasteiger partial charge < -0.3 is 15.5 Å². The maximum atomic E-state index is 13.0. The molecule has 28 heavy (non-hydrogen) atoms. The fourth-order valence-electron chi connectivity index (χ4n) is 3.56. The Hall–Kier alpha value is -1.48. The average Bonchev–Trinajstić information content (AvgIpc) is 2.70. The molecule has 1 saturated heterocycles. The quantitative estimate of drug-likeness (QED) is 0.457. The topological polar surface area (TPSA) is 87.5 Å². The smallest absolute Gasteiger partial charge is 0.279 e. The number of nitrogens with two attached hydrogens (primary N) is 1. The van der Waals surface area contributed by atoms with Gasteiger partial charge in [-0.1, -0.05) is 12.5 Å². The van der Waals surface area contributed by atoms with Crippen molar-refractivity contribution in [1.29, 1.82) is 0 Å². The Morgan fingerprint density at radius 2 is 1.86 bits per heavy atom. The lowest BCUT2D eigenvalue weighted by atomic mass is 10.2. The normalized spacial score (nSPS) is 15.7. The van der Waals surface area contributed by atoms with E-state index in [-0.39, 0.29) is 5.91 Å². The van der Waals surface area contributed by atoms with E-state index in [1.165, 1.54) is 4.90 Å². The molecule has 0 atom stereocenters. The van der Waals surface area contributed by atoms with E-state index in [9.17, 15) is 13.2 Å². The molecule has 7 nitrogen and oxygen atoms in total. The van der Waals surface area contributed by atoms with Gasteiger partial charge in [0, 0.05) is 18.8 Å². The van der Waals surface area contributed by atoms with E-state index in [4.69, 9.17) is 0 Å². The van der Waals surface area contributed by atoms with E-state index in [1.54, 1.807) is 29.4 Å². The highest BCUT2D eigenvalue weighted by atomic mass is 32.2. The minimum atomic E-state index is -3.52. The first-order valence-corrected chi connectivity index (χ1v) is 11.9. The van der Waals surface area contributed by atoms with Crippen LogP contribution in [-0.2, 0) is 14.8 Å². The molecule has 0 unspecified atom stereocenters. The van der Waals surface area contributed by atoms with Crippen molar-refractivity contribution in [3.8, 4) is 0 Å². The molecular weight excluding hydrogens is 376 g/mol. The first-order chi connectivity index (χ1) is 13.4. The van der Waals surface area contributed by atoms with Crippen molar-refractivity contribution in [1.82, 2.24) is 4.31 Å². The van der Waals surface area contributed by atoms with Gasteiger partial charge in [-0.3, -0.25) is 4.79 Å². The molecule has 0 aliphatic carbocycles. The number of likely N-dealkylation sites (N-methyl/N-ethyl adjacent to an activating group) is 1. The molecule has 158 valence electrons. The van der Waals surface area contributed by atoms with Gasteiger partial charge in [0.05, 0.1) is 18.0 Å². The second-order valence-electron chi connectivity index (χ2n) is 7.48. The zero-order chi connectivity index (χ0) is 20.6. The molecule has 1 amide bonds. The number of benzene rings is 1. The largest absolute Gasteiger partial charge is 0.334 e. The van der Waals surface area contributed by atoms with E-state index < -0.39 is 10.0 Å². The van der Waals surface area contributed by atoms with Crippen molar-refractivity contribution in [2.24, 2.45) is 0 Å². The Balaban J connectivity index is 1.96. The van der Waals surface area contributed by atoms with E-state index in [2.05, 4.69) is 19.2 Å². The number of rotatable bonds is 10. The molecule has 0 spiro atoms. The van der Waals surface area contributed by atoms with E-state index in [0.717, 1.165) is 45.4 Å². The molecule has 4 N–H and O–H groups in total. The predicted molar refractivity (Wildman–Crippen MR) is 111 cm³/mol. The summed E-state index contributed by atoms with van der Waals surface area (Å²) < 4.78 is 27.5. The molecule has 0 saturated carbocycles. The number of hydrogen-bond acceptors (Lipinski definition) is 3. The van der Waals surface area contributed by atoms with Crippen LogP contribution < -0.4 is 15.5 Å². The molecule has 1 aromatic carbocycles. The highest BCUT2D eigenvalue weighted by molar-refractivity contribution is 7.89. The Morgan fingerprint density at radius 3 is 2.50 bits per heavy atom. The summed E-state index contributed by atoms with van der Waals surface area (Å²) in [6.45, 7) is 11.7. The van der Waals surface area contributed by atoms with Crippen LogP contribution in [0.25, 0.3) is 0 Å². The minimum absolute atomic E-state index is 0.111. The molecule has 1 aliphatic rings. The van der Waals surface area contributed by atoms with Crippen LogP contribution in [0.1, 0.15) is 38.7 Å². The molecule has 1 aliphatic heterocycles. The van der Waals surface area contributed by atoms with Crippen molar-refractivity contribution in [3.05, 3.63) is 23.8 Å². The molecule has 1 fully saturated rings. The minimum Gasteiger partial charge on any atom is -0.334 e. The standard InChI is InChI=1S/C20H34N4O3S/c1-4-23(5-2)14-11-21-16-20(25)22-18-10-9-17(3)19(15-18)28(26,27)24-12-7-6-8-13-24/h9-10,15,21H,4-8,11-14,16H2,1-3H3,(H,22,25)/p+2. The SMILES string of the molecule is CC[NH+](CC)CC[NH2+]CC(=O)Nc1ccc(C)c(S(=O)(=O)N2CCCCC2)c1. The first-order valence-electron chi connectivity index (χ1n) is 10.4. The van der Waals surface area contributed by atoms with Gasteiger partial charge >= 0.3 is 0 Å². The van der Waals surface area contributed by atoms with Gasteiger partial charge in [0.15, 0.2) is 6.54 Å². The van der Waals surface area contributed by atoms with Crippen LogP contribution >= 0.6 is 0 Å². The summed E-state index contributed by atoms with van der Waals surface area (Å²) in [5.74, 6) is -0.111. The second-order valence-corrected chi connectivity index (χ2v) is 9.39. The van der Waals surface area contributed by atoms with Crippen molar-refractivity contribution in [3.63, 3.8) is 0 Å². The number of hydrogen-bond donors (Lipinski definition) is 3. The lowest BCUT2D eigenvalue weighted by molar-refractivity contribution is -0.908. The number of nitrogens with one attached hydrogen (secondary N) is 2. The van der Waals surface area contributed by atoms with Crippen molar-refractivity contribution < 1.29 is 23.4 Å². The van der Waals surface area contributed by atoms with Gasteiger partial charge in [-0.05, 0) is 51.3 Å². The number of carbonyl (C=O) groups excluding carboxylic acids is 1. The van der Waals surface area contributed by atoms with E-state index >= 15 is 0 Å². The summed E-state index contributed by atoms with van der Waals surface area (Å²) >= 11 is 0. The van der Waals surface area contributed by atoms with Crippen LogP contribution in [0.2, 0.25) is 0 Å². The van der Waals surface area contributed by atoms with Crippen LogP contribution in [0.5, 0.6) is 0 Å². The zero-order valence-electron chi connectivity index (χ0n) is 17.5. The summed E-state index contributed by atoms with van der Waals surface area (Å²) in [4.78, 5) is 14.0. The Labute approximate surface area is 169 Å². The molecule has 1 aromatic rings. The van der Waals surface area contributed by atoms with Gasteiger partial charge in [-0.25, -0.2) is 8.42 Å². The van der Waals surface area contributed by atoms with Gasteiger partial charge in [-0.15, -0.1) is 0 Å². The van der Waals surface area contributed by atoms with Gasteiger partial charge in [-0.2, -0.15) is 4.31 Å². The number of aryl methyl sites for hydroxylation is 1. The lowest BCUT2D eigenvalue weighted by Crippen LogP contribution is -3.14. The molecule has 0 aromatic heterocycles. The maximum absolute atomic E-state index is 13.0. The van der Waals surface area contributed by atoms with E-state index in [0.29, 0.717) is 35.8 Å². The van der Waals surface area contributed by atoms with Crippen LogP contribution in [0.4, 0.5) is 5.69 Å². The number of sulfonamides is 1. The lowest BCUT2D eigenvalue weighted by Gasteiger charge is -2.26. The second kappa shape index (κ2) is 10.9. The summed E-state index contributed by atoms with van der Waals surface area (Å²) in [6, 6.07) is 5.12. The number of piperidine rings is 1. The fraction of sp³-hybridized carbons (Fsp3) is 0.650. The number of anilines is 1. The highest BCUT2D eigenvalue weighted by Gasteiger charge is 2.27.